The number of hydrogen-bond acceptors (Lipinski definition) is 4. The summed E-state index contributed by atoms with van der Waals surface area (Å²) in [7, 11) is 0. The van der Waals surface area contributed by atoms with Gasteiger partial charge in [-0.2, -0.15) is 0 Å². The first-order valence-electron chi connectivity index (χ1n) is 6.99. The lowest BCUT2D eigenvalue weighted by atomic mass is 9.91. The molecule has 100 valence electrons. The Hall–Kier alpha value is -0.160. The first-order valence-corrected chi connectivity index (χ1v) is 6.99. The van der Waals surface area contributed by atoms with Gasteiger partial charge < -0.3 is 20.4 Å². The van der Waals surface area contributed by atoms with Crippen LogP contribution >= 0.6 is 0 Å². The van der Waals surface area contributed by atoms with E-state index in [1.54, 1.807) is 0 Å². The van der Waals surface area contributed by atoms with E-state index in [9.17, 15) is 0 Å². The van der Waals surface area contributed by atoms with Gasteiger partial charge in [-0.3, -0.25) is 0 Å². The minimum Gasteiger partial charge on any atom is -0.396 e. The van der Waals surface area contributed by atoms with Crippen LogP contribution < -0.4 is 5.32 Å². The predicted octanol–water partition coefficient (Wildman–Crippen LogP) is 0.0512. The summed E-state index contributed by atoms with van der Waals surface area (Å²) in [5, 5.41) is 21.4. The Balaban J connectivity index is 1.79. The van der Waals surface area contributed by atoms with Crippen LogP contribution in [0.1, 0.15) is 25.7 Å². The molecule has 1 saturated carbocycles. The van der Waals surface area contributed by atoms with Crippen molar-refractivity contribution in [3.63, 3.8) is 0 Å². The van der Waals surface area contributed by atoms with Crippen LogP contribution in [0.5, 0.6) is 0 Å². The minimum atomic E-state index is 0.212. The second-order valence-electron chi connectivity index (χ2n) is 5.65. The molecule has 1 saturated heterocycles. The number of hydrogen-bond donors (Lipinski definition) is 3. The van der Waals surface area contributed by atoms with E-state index in [4.69, 9.17) is 10.2 Å². The van der Waals surface area contributed by atoms with Crippen molar-refractivity contribution < 1.29 is 10.2 Å². The zero-order valence-corrected chi connectivity index (χ0v) is 10.6. The number of aliphatic hydroxyl groups excluding tert-OH is 2. The Morgan fingerprint density at radius 3 is 2.53 bits per heavy atom. The van der Waals surface area contributed by atoms with Gasteiger partial charge in [0.05, 0.1) is 6.61 Å². The van der Waals surface area contributed by atoms with Crippen LogP contribution in [0, 0.1) is 11.8 Å². The maximum atomic E-state index is 9.08. The Kier molecular flexibility index (Phi) is 5.22. The molecule has 3 N–H and O–H groups in total. The van der Waals surface area contributed by atoms with Crippen LogP contribution in [0.25, 0.3) is 0 Å². The molecule has 4 heteroatoms. The molecule has 0 spiro atoms. The molecule has 2 fully saturated rings. The van der Waals surface area contributed by atoms with E-state index in [2.05, 4.69) is 10.2 Å². The number of likely N-dealkylation sites (tertiary alicyclic amines) is 1. The molecule has 0 aromatic rings. The highest BCUT2D eigenvalue weighted by molar-refractivity contribution is 4.86. The van der Waals surface area contributed by atoms with Crippen molar-refractivity contribution in [2.45, 2.75) is 31.7 Å². The van der Waals surface area contributed by atoms with Gasteiger partial charge in [-0.05, 0) is 37.5 Å². The smallest absolute Gasteiger partial charge is 0.0556 e. The van der Waals surface area contributed by atoms with Crippen LogP contribution in [-0.4, -0.2) is 60.5 Å². The molecule has 0 radical (unpaired) electrons. The number of rotatable bonds is 7. The quantitative estimate of drug-likeness (QED) is 0.590. The third-order valence-corrected chi connectivity index (χ3v) is 3.91. The third-order valence-electron chi connectivity index (χ3n) is 3.91. The van der Waals surface area contributed by atoms with E-state index >= 15 is 0 Å². The highest BCUT2D eigenvalue weighted by Crippen LogP contribution is 2.31. The summed E-state index contributed by atoms with van der Waals surface area (Å²) < 4.78 is 0. The summed E-state index contributed by atoms with van der Waals surface area (Å²) in [6.07, 6.45) is 4.85. The average molecular weight is 242 g/mol. The number of nitrogens with zero attached hydrogens (tertiary/aromatic N) is 1. The van der Waals surface area contributed by atoms with Crippen LogP contribution in [0.15, 0.2) is 0 Å². The topological polar surface area (TPSA) is 55.7 Å². The largest absolute Gasteiger partial charge is 0.396 e. The molecule has 1 aliphatic carbocycles. The first-order chi connectivity index (χ1) is 8.31. The van der Waals surface area contributed by atoms with Gasteiger partial charge in [-0.25, -0.2) is 0 Å². The van der Waals surface area contributed by atoms with Gasteiger partial charge in [0.2, 0.25) is 0 Å². The Labute approximate surface area is 104 Å². The molecular weight excluding hydrogens is 216 g/mol. The van der Waals surface area contributed by atoms with E-state index in [0.29, 0.717) is 25.1 Å². The van der Waals surface area contributed by atoms with Crippen molar-refractivity contribution in [3.8, 4) is 0 Å². The zero-order valence-electron chi connectivity index (χ0n) is 10.6. The maximum absolute atomic E-state index is 9.08. The molecule has 1 aliphatic heterocycles. The lowest BCUT2D eigenvalue weighted by Gasteiger charge is -2.38. The second-order valence-corrected chi connectivity index (χ2v) is 5.65. The average Bonchev–Trinajstić information content (AvgIpc) is 3.10. The molecule has 0 bridgehead atoms. The van der Waals surface area contributed by atoms with Crippen molar-refractivity contribution in [1.29, 1.82) is 0 Å². The van der Waals surface area contributed by atoms with Crippen LogP contribution in [-0.2, 0) is 0 Å². The Morgan fingerprint density at radius 2 is 1.88 bits per heavy atom. The van der Waals surface area contributed by atoms with E-state index in [1.807, 2.05) is 0 Å². The van der Waals surface area contributed by atoms with Gasteiger partial charge in [0, 0.05) is 38.8 Å². The summed E-state index contributed by atoms with van der Waals surface area (Å²) in [5.41, 5.74) is 0. The van der Waals surface area contributed by atoms with Crippen LogP contribution in [0.4, 0.5) is 0 Å². The molecular formula is C13H26N2O2. The lowest BCUT2D eigenvalue weighted by molar-refractivity contribution is 0.114. The van der Waals surface area contributed by atoms with Gasteiger partial charge in [0.15, 0.2) is 0 Å². The highest BCUT2D eigenvalue weighted by Gasteiger charge is 2.30. The van der Waals surface area contributed by atoms with E-state index < -0.39 is 0 Å². The van der Waals surface area contributed by atoms with Gasteiger partial charge in [0.1, 0.15) is 0 Å². The fourth-order valence-corrected chi connectivity index (χ4v) is 2.93. The normalized spacial score (nSPS) is 30.7. The fourth-order valence-electron chi connectivity index (χ4n) is 2.93. The van der Waals surface area contributed by atoms with Gasteiger partial charge in [-0.1, -0.05) is 0 Å². The molecule has 1 heterocycles. The summed E-state index contributed by atoms with van der Waals surface area (Å²) >= 11 is 0. The first kappa shape index (κ1) is 13.3. The standard InChI is InChI=1S/C13H26N2O2/c16-5-3-12-7-13(14-4-6-17)10-15(9-12)8-11-1-2-11/h11-14,16-17H,1-10H2. The van der Waals surface area contributed by atoms with Crippen molar-refractivity contribution in [2.24, 2.45) is 11.8 Å². The lowest BCUT2D eigenvalue weighted by Crippen LogP contribution is -2.50. The molecule has 0 aromatic heterocycles. The van der Waals surface area contributed by atoms with E-state index in [0.717, 1.165) is 31.8 Å². The van der Waals surface area contributed by atoms with Crippen molar-refractivity contribution in [2.75, 3.05) is 39.4 Å². The molecule has 17 heavy (non-hydrogen) atoms. The van der Waals surface area contributed by atoms with Gasteiger partial charge in [-0.15, -0.1) is 0 Å². The monoisotopic (exact) mass is 242 g/mol. The summed E-state index contributed by atoms with van der Waals surface area (Å²) in [5.74, 6) is 1.55. The Bertz CT molecular complexity index is 221. The van der Waals surface area contributed by atoms with Crippen LogP contribution in [0.2, 0.25) is 0 Å². The predicted molar refractivity (Wildman–Crippen MR) is 67.9 cm³/mol. The number of aliphatic hydroxyl groups is 2. The molecule has 2 atom stereocenters. The third kappa shape index (κ3) is 4.54. The highest BCUT2D eigenvalue weighted by atomic mass is 16.3. The summed E-state index contributed by atoms with van der Waals surface area (Å²) in [4.78, 5) is 2.55. The van der Waals surface area contributed by atoms with Crippen molar-refractivity contribution in [3.05, 3.63) is 0 Å². The SMILES string of the molecule is OCCNC1CC(CCO)CN(CC2CC2)C1. The summed E-state index contributed by atoms with van der Waals surface area (Å²) in [6, 6.07) is 0.492. The Morgan fingerprint density at radius 1 is 1.06 bits per heavy atom. The molecule has 4 nitrogen and oxygen atoms in total. The molecule has 2 rings (SSSR count). The van der Waals surface area contributed by atoms with Gasteiger partial charge >= 0.3 is 0 Å². The van der Waals surface area contributed by atoms with Crippen molar-refractivity contribution in [1.82, 2.24) is 10.2 Å². The molecule has 2 aliphatic rings. The van der Waals surface area contributed by atoms with Gasteiger partial charge in [0.25, 0.3) is 0 Å². The minimum absolute atomic E-state index is 0.212. The number of nitrogens with one attached hydrogen (secondary N) is 1. The van der Waals surface area contributed by atoms with Crippen molar-refractivity contribution >= 4 is 0 Å². The zero-order chi connectivity index (χ0) is 12.1. The molecule has 0 aromatic carbocycles. The van der Waals surface area contributed by atoms with E-state index in [-0.39, 0.29) is 6.61 Å². The maximum Gasteiger partial charge on any atom is 0.0556 e. The molecule has 0 amide bonds. The number of piperidine rings is 1. The fraction of sp³-hybridized carbons (Fsp3) is 1.00. The van der Waals surface area contributed by atoms with Crippen LogP contribution in [0.3, 0.4) is 0 Å². The summed E-state index contributed by atoms with van der Waals surface area (Å²) in [6.45, 7) is 4.69. The van der Waals surface area contributed by atoms with E-state index in [1.165, 1.54) is 19.4 Å². The second kappa shape index (κ2) is 6.69. The molecule has 2 unspecified atom stereocenters.